The van der Waals surface area contributed by atoms with E-state index in [1.807, 2.05) is 0 Å². The van der Waals surface area contributed by atoms with Gasteiger partial charge in [0.1, 0.15) is 0 Å². The molecule has 15 rings (SSSR count). The smallest absolute Gasteiger partial charge is 0.0713 e. The van der Waals surface area contributed by atoms with Crippen molar-refractivity contribution in [2.75, 3.05) is 4.90 Å². The first-order valence-electron chi connectivity index (χ1n) is 27.2. The molecule has 0 unspecified atom stereocenters. The second-order valence-electron chi connectivity index (χ2n) is 21.6. The maximum atomic E-state index is 2.42. The lowest BCUT2D eigenvalue weighted by molar-refractivity contribution is 0.660. The summed E-state index contributed by atoms with van der Waals surface area (Å²) in [6.07, 6.45) is 0. The maximum absolute atomic E-state index is 2.42. The fourth-order valence-corrected chi connectivity index (χ4v) is 13.4. The molecule has 78 heavy (non-hydrogen) atoms. The van der Waals surface area contributed by atoms with Crippen LogP contribution in [0.15, 0.2) is 291 Å². The Morgan fingerprint density at radius 1 is 0.282 bits per heavy atom. The van der Waals surface area contributed by atoms with Gasteiger partial charge < -0.3 is 9.47 Å². The number of para-hydroxylation sites is 1. The Bertz CT molecular complexity index is 4370. The fraction of sp³-hybridized carbons (Fsp3) is 0.0526. The van der Waals surface area contributed by atoms with Crippen LogP contribution in [0.3, 0.4) is 0 Å². The van der Waals surface area contributed by atoms with Crippen molar-refractivity contribution in [2.24, 2.45) is 0 Å². The van der Waals surface area contributed by atoms with E-state index in [4.69, 9.17) is 0 Å². The SMILES string of the molecule is CC1(C)c2ccccc2-c2ccc(N(c3ccc(-c4ccccc4)cc3)c3ccc(-c4ccc5c(c4)c4cc(-c6ccc(C7(c8ccccc8)c8ccccc8-c8ccccc87)cc6)ccc4n5-c4ccccc4)cc3)cc21. The predicted molar refractivity (Wildman–Crippen MR) is 327 cm³/mol. The van der Waals surface area contributed by atoms with Crippen LogP contribution in [0, 0.1) is 0 Å². The summed E-state index contributed by atoms with van der Waals surface area (Å²) in [6, 6.07) is 108. The van der Waals surface area contributed by atoms with Gasteiger partial charge in [0.2, 0.25) is 0 Å². The van der Waals surface area contributed by atoms with E-state index in [0.29, 0.717) is 0 Å². The second-order valence-corrected chi connectivity index (χ2v) is 21.6. The Morgan fingerprint density at radius 3 is 1.22 bits per heavy atom. The van der Waals surface area contributed by atoms with Crippen molar-refractivity contribution in [3.8, 4) is 61.3 Å². The number of fused-ring (bicyclic) bond motifs is 9. The van der Waals surface area contributed by atoms with Gasteiger partial charge in [0.15, 0.2) is 0 Å². The van der Waals surface area contributed by atoms with E-state index in [9.17, 15) is 0 Å². The van der Waals surface area contributed by atoms with E-state index in [2.05, 4.69) is 315 Å². The van der Waals surface area contributed by atoms with Crippen molar-refractivity contribution in [3.63, 3.8) is 0 Å². The number of aromatic nitrogens is 1. The Labute approximate surface area is 456 Å². The van der Waals surface area contributed by atoms with Crippen LogP contribution in [-0.2, 0) is 10.8 Å². The van der Waals surface area contributed by atoms with Gasteiger partial charge in [-0.1, -0.05) is 232 Å². The molecule has 0 amide bonds. The third-order valence-electron chi connectivity index (χ3n) is 17.1. The zero-order chi connectivity index (χ0) is 52.0. The standard InChI is InChI=1S/C76H54N2/c1-75(2)69-27-15-12-24-63(69)66-45-44-62(50-72(66)75)77(60-40-32-52(33-41-60)51-18-6-3-7-19-51)61-42-34-54(35-43-61)56-37-47-74-68(49-56)67-48-55(36-46-73(67)78(74)59-22-10-5-11-23-59)53-30-38-58(39-31-53)76(57-20-8-4-9-21-57)70-28-16-13-25-64(70)65-26-14-17-29-71(65)76/h3-50H,1-2H3. The first-order valence-corrected chi connectivity index (χ1v) is 27.2. The van der Waals surface area contributed by atoms with E-state index in [1.54, 1.807) is 0 Å². The van der Waals surface area contributed by atoms with Gasteiger partial charge in [-0.3, -0.25) is 0 Å². The topological polar surface area (TPSA) is 8.17 Å². The van der Waals surface area contributed by atoms with E-state index >= 15 is 0 Å². The number of rotatable bonds is 9. The molecule has 2 nitrogen and oxygen atoms in total. The number of anilines is 3. The largest absolute Gasteiger partial charge is 0.310 e. The molecule has 2 aliphatic carbocycles. The highest BCUT2D eigenvalue weighted by Gasteiger charge is 2.46. The quantitative estimate of drug-likeness (QED) is 0.140. The molecule has 0 saturated heterocycles. The van der Waals surface area contributed by atoms with Crippen LogP contribution in [0.25, 0.3) is 83.1 Å². The normalized spacial score (nSPS) is 13.5. The number of benzene rings is 12. The summed E-state index contributed by atoms with van der Waals surface area (Å²) in [4.78, 5) is 2.41. The minimum absolute atomic E-state index is 0.121. The summed E-state index contributed by atoms with van der Waals surface area (Å²) in [5.41, 5.74) is 26.6. The molecule has 12 aromatic carbocycles. The first kappa shape index (κ1) is 45.6. The first-order chi connectivity index (χ1) is 38.4. The Morgan fingerprint density at radius 2 is 0.667 bits per heavy atom. The van der Waals surface area contributed by atoms with Crippen LogP contribution in [0.5, 0.6) is 0 Å². The number of hydrogen-bond acceptors (Lipinski definition) is 1. The molecule has 0 fully saturated rings. The van der Waals surface area contributed by atoms with Gasteiger partial charge in [-0.15, -0.1) is 0 Å². The van der Waals surface area contributed by atoms with E-state index in [1.165, 1.54) is 111 Å². The van der Waals surface area contributed by atoms with Crippen molar-refractivity contribution in [1.29, 1.82) is 0 Å². The van der Waals surface area contributed by atoms with E-state index < -0.39 is 5.41 Å². The minimum atomic E-state index is -0.437. The van der Waals surface area contributed by atoms with Crippen LogP contribution < -0.4 is 4.90 Å². The van der Waals surface area contributed by atoms with Crippen LogP contribution in [0.2, 0.25) is 0 Å². The number of hydrogen-bond donors (Lipinski definition) is 0. The predicted octanol–water partition coefficient (Wildman–Crippen LogP) is 19.9. The maximum Gasteiger partial charge on any atom is 0.0713 e. The highest BCUT2D eigenvalue weighted by molar-refractivity contribution is 6.11. The highest BCUT2D eigenvalue weighted by Crippen LogP contribution is 2.56. The van der Waals surface area contributed by atoms with Crippen molar-refractivity contribution in [1.82, 2.24) is 4.57 Å². The molecule has 0 N–H and O–H groups in total. The van der Waals surface area contributed by atoms with Gasteiger partial charge in [-0.05, 0) is 162 Å². The molecule has 1 heterocycles. The molecule has 0 spiro atoms. The zero-order valence-corrected chi connectivity index (χ0v) is 43.6. The molecule has 2 aliphatic rings. The summed E-state index contributed by atoms with van der Waals surface area (Å²) in [5.74, 6) is 0. The molecule has 0 aliphatic heterocycles. The van der Waals surface area contributed by atoms with Crippen LogP contribution in [0.4, 0.5) is 17.1 Å². The van der Waals surface area contributed by atoms with E-state index in [-0.39, 0.29) is 5.41 Å². The summed E-state index contributed by atoms with van der Waals surface area (Å²) in [7, 11) is 0. The van der Waals surface area contributed by atoms with Gasteiger partial charge in [-0.25, -0.2) is 0 Å². The van der Waals surface area contributed by atoms with E-state index in [0.717, 1.165) is 22.7 Å². The van der Waals surface area contributed by atoms with Gasteiger partial charge >= 0.3 is 0 Å². The third kappa shape index (κ3) is 7.03. The summed E-state index contributed by atoms with van der Waals surface area (Å²) in [6.45, 7) is 4.72. The molecular weight excluding hydrogens is 941 g/mol. The zero-order valence-electron chi connectivity index (χ0n) is 43.6. The lowest BCUT2D eigenvalue weighted by Crippen LogP contribution is -2.28. The molecule has 368 valence electrons. The van der Waals surface area contributed by atoms with Gasteiger partial charge in [-0.2, -0.15) is 0 Å². The molecule has 0 radical (unpaired) electrons. The van der Waals surface area contributed by atoms with Gasteiger partial charge in [0.05, 0.1) is 16.4 Å². The summed E-state index contributed by atoms with van der Waals surface area (Å²) in [5, 5.41) is 2.44. The van der Waals surface area contributed by atoms with Gasteiger partial charge in [0.25, 0.3) is 0 Å². The van der Waals surface area contributed by atoms with Crippen LogP contribution >= 0.6 is 0 Å². The lowest BCUT2D eigenvalue weighted by Gasteiger charge is -2.34. The van der Waals surface area contributed by atoms with Crippen molar-refractivity contribution in [2.45, 2.75) is 24.7 Å². The van der Waals surface area contributed by atoms with Crippen LogP contribution in [0.1, 0.15) is 47.2 Å². The number of nitrogens with zero attached hydrogens (tertiary/aromatic N) is 2. The Hall–Kier alpha value is -9.76. The molecule has 0 atom stereocenters. The van der Waals surface area contributed by atoms with Gasteiger partial charge in [0, 0.05) is 38.9 Å². The monoisotopic (exact) mass is 994 g/mol. The highest BCUT2D eigenvalue weighted by atomic mass is 15.1. The minimum Gasteiger partial charge on any atom is -0.310 e. The van der Waals surface area contributed by atoms with Crippen LogP contribution in [-0.4, -0.2) is 4.57 Å². The summed E-state index contributed by atoms with van der Waals surface area (Å²) >= 11 is 0. The second kappa shape index (κ2) is 17.9. The van der Waals surface area contributed by atoms with Crippen molar-refractivity contribution >= 4 is 38.9 Å². The fourth-order valence-electron chi connectivity index (χ4n) is 13.4. The summed E-state index contributed by atoms with van der Waals surface area (Å²) < 4.78 is 2.42. The van der Waals surface area contributed by atoms with Crippen molar-refractivity contribution in [3.05, 3.63) is 325 Å². The van der Waals surface area contributed by atoms with Crippen molar-refractivity contribution < 1.29 is 0 Å². The lowest BCUT2D eigenvalue weighted by atomic mass is 9.67. The molecule has 2 heteroatoms. The average molecular weight is 995 g/mol. The molecular formula is C76H54N2. The Kier molecular flexibility index (Phi) is 10.5. The molecule has 13 aromatic rings. The molecule has 0 saturated carbocycles. The molecule has 0 bridgehead atoms. The average Bonchev–Trinajstić information content (AvgIpc) is 4.28. The third-order valence-corrected chi connectivity index (χ3v) is 17.1. The molecule has 1 aromatic heterocycles. The Balaban J connectivity index is 0.824.